The van der Waals surface area contributed by atoms with E-state index in [1.807, 2.05) is 36.4 Å². The number of aromatic nitrogens is 1. The van der Waals surface area contributed by atoms with E-state index < -0.39 is 0 Å². The van der Waals surface area contributed by atoms with Crippen LogP contribution >= 0.6 is 34.3 Å². The van der Waals surface area contributed by atoms with Gasteiger partial charge in [-0.1, -0.05) is 23.7 Å². The summed E-state index contributed by atoms with van der Waals surface area (Å²) >= 11 is 8.87. The van der Waals surface area contributed by atoms with Crippen molar-refractivity contribution in [2.24, 2.45) is 0 Å². The lowest BCUT2D eigenvalue weighted by Gasteiger charge is -2.28. The Morgan fingerprint density at radius 1 is 1.26 bits per heavy atom. The van der Waals surface area contributed by atoms with Gasteiger partial charge in [-0.25, -0.2) is 4.98 Å². The first-order valence-corrected chi connectivity index (χ1v) is 9.05. The molecule has 0 unspecified atom stereocenters. The molecule has 0 atom stereocenters. The van der Waals surface area contributed by atoms with E-state index in [1.165, 1.54) is 22.7 Å². The van der Waals surface area contributed by atoms with Gasteiger partial charge in [-0.2, -0.15) is 0 Å². The fraction of sp³-hybridized carbons (Fsp3) is 0.125. The second kappa shape index (κ2) is 5.96. The van der Waals surface area contributed by atoms with Gasteiger partial charge in [0.05, 0.1) is 21.4 Å². The first-order chi connectivity index (χ1) is 11.2. The van der Waals surface area contributed by atoms with Crippen molar-refractivity contribution < 1.29 is 9.53 Å². The molecule has 0 N–H and O–H groups in total. The summed E-state index contributed by atoms with van der Waals surface area (Å²) in [6, 6.07) is 11.3. The zero-order chi connectivity index (χ0) is 15.8. The Bertz CT molecular complexity index is 874. The number of thiazole rings is 1. The highest BCUT2D eigenvalue weighted by atomic mass is 35.5. The second-order valence-corrected chi connectivity index (χ2v) is 7.49. The van der Waals surface area contributed by atoms with Gasteiger partial charge in [0.2, 0.25) is 0 Å². The van der Waals surface area contributed by atoms with Crippen molar-refractivity contribution in [1.82, 2.24) is 4.98 Å². The van der Waals surface area contributed by atoms with Crippen LogP contribution in [-0.2, 0) is 0 Å². The molecule has 4 rings (SSSR count). The van der Waals surface area contributed by atoms with E-state index in [-0.39, 0.29) is 5.91 Å². The summed E-state index contributed by atoms with van der Waals surface area (Å²) in [4.78, 5) is 20.0. The van der Waals surface area contributed by atoms with Crippen LogP contribution in [0.2, 0.25) is 4.34 Å². The summed E-state index contributed by atoms with van der Waals surface area (Å²) in [6.45, 7) is 1.01. The Kier molecular flexibility index (Phi) is 3.80. The normalized spacial score (nSPS) is 13.5. The van der Waals surface area contributed by atoms with Crippen LogP contribution in [0.5, 0.6) is 5.75 Å². The molecule has 0 saturated carbocycles. The molecule has 0 radical (unpaired) electrons. The maximum atomic E-state index is 12.8. The average molecular weight is 363 g/mol. The van der Waals surface area contributed by atoms with Gasteiger partial charge in [-0.05, 0) is 24.3 Å². The van der Waals surface area contributed by atoms with Gasteiger partial charge in [0.1, 0.15) is 23.1 Å². The number of anilines is 1. The number of rotatable bonds is 2. The first kappa shape index (κ1) is 14.7. The molecule has 0 spiro atoms. The molecule has 7 heteroatoms. The Morgan fingerprint density at radius 2 is 2.13 bits per heavy atom. The fourth-order valence-corrected chi connectivity index (χ4v) is 4.34. The molecule has 0 fully saturated rings. The minimum atomic E-state index is -0.106. The summed E-state index contributed by atoms with van der Waals surface area (Å²) < 4.78 is 6.31. The van der Waals surface area contributed by atoms with Crippen LogP contribution in [0.15, 0.2) is 41.8 Å². The zero-order valence-corrected chi connectivity index (χ0v) is 14.2. The van der Waals surface area contributed by atoms with Crippen molar-refractivity contribution in [2.45, 2.75) is 0 Å². The Morgan fingerprint density at radius 3 is 2.96 bits per heavy atom. The molecule has 1 aliphatic rings. The number of carbonyl (C=O) groups excluding carboxylic acids is 1. The van der Waals surface area contributed by atoms with Crippen molar-refractivity contribution in [3.05, 3.63) is 51.8 Å². The quantitative estimate of drug-likeness (QED) is 0.671. The van der Waals surface area contributed by atoms with Crippen LogP contribution in [-0.4, -0.2) is 24.0 Å². The standard InChI is InChI=1S/C16H11ClN2O2S2/c17-14-6-5-13(23-14)15-18-10(9-22-15)16(20)19-7-8-21-12-4-2-1-3-11(12)19/h1-6,9H,7-8H2. The Hall–Kier alpha value is -1.89. The number of hydrogen-bond donors (Lipinski definition) is 0. The summed E-state index contributed by atoms with van der Waals surface area (Å²) in [7, 11) is 0. The summed E-state index contributed by atoms with van der Waals surface area (Å²) in [5, 5.41) is 2.61. The number of benzene rings is 1. The molecule has 116 valence electrons. The Labute approximate surface area is 145 Å². The van der Waals surface area contributed by atoms with Gasteiger partial charge >= 0.3 is 0 Å². The number of ether oxygens (including phenoxy) is 1. The van der Waals surface area contributed by atoms with Crippen molar-refractivity contribution in [2.75, 3.05) is 18.1 Å². The molecule has 1 aliphatic heterocycles. The van der Waals surface area contributed by atoms with E-state index in [1.54, 1.807) is 10.3 Å². The predicted octanol–water partition coefficient (Wildman–Crippen LogP) is 4.56. The van der Waals surface area contributed by atoms with Gasteiger partial charge in [0.15, 0.2) is 0 Å². The fourth-order valence-electron chi connectivity index (χ4n) is 2.43. The van der Waals surface area contributed by atoms with Crippen molar-refractivity contribution in [1.29, 1.82) is 0 Å². The topological polar surface area (TPSA) is 42.4 Å². The van der Waals surface area contributed by atoms with Crippen molar-refractivity contribution in [3.63, 3.8) is 0 Å². The number of fused-ring (bicyclic) bond motifs is 1. The summed E-state index contributed by atoms with van der Waals surface area (Å²) in [6.07, 6.45) is 0. The van der Waals surface area contributed by atoms with Crippen LogP contribution in [0, 0.1) is 0 Å². The van der Waals surface area contributed by atoms with Crippen LogP contribution in [0.3, 0.4) is 0 Å². The number of halogens is 1. The third-order valence-electron chi connectivity index (χ3n) is 3.48. The molecule has 0 aliphatic carbocycles. The third kappa shape index (κ3) is 2.73. The lowest BCUT2D eigenvalue weighted by Crippen LogP contribution is -2.38. The highest BCUT2D eigenvalue weighted by molar-refractivity contribution is 7.23. The lowest BCUT2D eigenvalue weighted by molar-refractivity contribution is 0.0972. The number of nitrogens with zero attached hydrogens (tertiary/aromatic N) is 2. The van der Waals surface area contributed by atoms with Crippen LogP contribution < -0.4 is 9.64 Å². The van der Waals surface area contributed by atoms with Crippen molar-refractivity contribution in [3.8, 4) is 15.6 Å². The molecule has 0 saturated heterocycles. The maximum absolute atomic E-state index is 12.8. The average Bonchev–Trinajstić information content (AvgIpc) is 3.22. The van der Waals surface area contributed by atoms with E-state index in [4.69, 9.17) is 16.3 Å². The minimum Gasteiger partial charge on any atom is -0.490 e. The van der Waals surface area contributed by atoms with Gasteiger partial charge in [-0.3, -0.25) is 4.79 Å². The van der Waals surface area contributed by atoms with E-state index in [9.17, 15) is 4.79 Å². The third-order valence-corrected chi connectivity index (χ3v) is 5.72. The van der Waals surface area contributed by atoms with Crippen LogP contribution in [0.25, 0.3) is 9.88 Å². The summed E-state index contributed by atoms with van der Waals surface area (Å²) in [5.74, 6) is 0.624. The highest BCUT2D eigenvalue weighted by Gasteiger charge is 2.26. The number of carbonyl (C=O) groups is 1. The largest absolute Gasteiger partial charge is 0.490 e. The minimum absolute atomic E-state index is 0.106. The van der Waals surface area contributed by atoms with E-state index in [2.05, 4.69) is 4.98 Å². The van der Waals surface area contributed by atoms with Crippen molar-refractivity contribution >= 4 is 45.9 Å². The van der Waals surface area contributed by atoms with Crippen LogP contribution in [0.4, 0.5) is 5.69 Å². The molecule has 0 bridgehead atoms. The molecule has 3 heterocycles. The lowest BCUT2D eigenvalue weighted by atomic mass is 10.2. The molecule has 3 aromatic rings. The monoisotopic (exact) mass is 362 g/mol. The number of hydrogen-bond acceptors (Lipinski definition) is 5. The van der Waals surface area contributed by atoms with Gasteiger partial charge in [0, 0.05) is 5.38 Å². The SMILES string of the molecule is O=C(c1csc(-c2ccc(Cl)s2)n1)N1CCOc2ccccc21. The molecule has 4 nitrogen and oxygen atoms in total. The van der Waals surface area contributed by atoms with Gasteiger partial charge < -0.3 is 9.64 Å². The molecular formula is C16H11ClN2O2S2. The van der Waals surface area contributed by atoms with E-state index in [0.29, 0.717) is 23.2 Å². The molecule has 23 heavy (non-hydrogen) atoms. The number of amides is 1. The zero-order valence-electron chi connectivity index (χ0n) is 11.9. The Balaban J connectivity index is 1.65. The maximum Gasteiger partial charge on any atom is 0.277 e. The van der Waals surface area contributed by atoms with Crippen LogP contribution in [0.1, 0.15) is 10.5 Å². The number of para-hydroxylation sites is 2. The molecular weight excluding hydrogens is 352 g/mol. The highest BCUT2D eigenvalue weighted by Crippen LogP contribution is 2.35. The second-order valence-electron chi connectivity index (χ2n) is 4.91. The first-order valence-electron chi connectivity index (χ1n) is 6.97. The molecule has 2 aromatic heterocycles. The van der Waals surface area contributed by atoms with Gasteiger partial charge in [-0.15, -0.1) is 22.7 Å². The molecule has 1 aromatic carbocycles. The van der Waals surface area contributed by atoms with E-state index >= 15 is 0 Å². The van der Waals surface area contributed by atoms with E-state index in [0.717, 1.165) is 21.3 Å². The number of thiophene rings is 1. The summed E-state index contributed by atoms with van der Waals surface area (Å²) in [5.41, 5.74) is 1.24. The smallest absolute Gasteiger partial charge is 0.277 e. The molecule has 1 amide bonds. The van der Waals surface area contributed by atoms with Gasteiger partial charge in [0.25, 0.3) is 5.91 Å². The predicted molar refractivity (Wildman–Crippen MR) is 94.1 cm³/mol.